The zero-order chi connectivity index (χ0) is 25.8. The standard InChI is InChI=1S/C27H23Cl2N3O4/c1-16-3-7-18(8-4-16)15-36-25-21(28)11-19(12-22(25)29)13-23-26(34)32(27(35)31-23)14-24(33)30-20-9-5-17(2)6-10-20/h3-13H,14-15H2,1-2H3,(H,30,33)(H,31,35)/b23-13+. The van der Waals surface area contributed by atoms with Gasteiger partial charge in [0.25, 0.3) is 5.91 Å². The largest absolute Gasteiger partial charge is 0.486 e. The molecule has 0 atom stereocenters. The van der Waals surface area contributed by atoms with Gasteiger partial charge in [0, 0.05) is 5.69 Å². The lowest BCUT2D eigenvalue weighted by atomic mass is 10.1. The predicted octanol–water partition coefficient (Wildman–Crippen LogP) is 5.72. The number of hydrogen-bond acceptors (Lipinski definition) is 4. The Bertz CT molecular complexity index is 1330. The molecule has 1 saturated heterocycles. The van der Waals surface area contributed by atoms with Gasteiger partial charge >= 0.3 is 6.03 Å². The quantitative estimate of drug-likeness (QED) is 0.306. The summed E-state index contributed by atoms with van der Waals surface area (Å²) in [5.74, 6) is -0.812. The van der Waals surface area contributed by atoms with E-state index in [1.54, 1.807) is 24.3 Å². The summed E-state index contributed by atoms with van der Waals surface area (Å²) in [7, 11) is 0. The Hall–Kier alpha value is -3.81. The van der Waals surface area contributed by atoms with Crippen LogP contribution in [0.3, 0.4) is 0 Å². The molecule has 1 aliphatic heterocycles. The summed E-state index contributed by atoms with van der Waals surface area (Å²) in [4.78, 5) is 38.3. The Balaban J connectivity index is 1.43. The molecule has 0 radical (unpaired) electrons. The average Bonchev–Trinajstić information content (AvgIpc) is 3.08. The van der Waals surface area contributed by atoms with Crippen LogP contribution in [-0.4, -0.2) is 29.3 Å². The van der Waals surface area contributed by atoms with Crippen molar-refractivity contribution < 1.29 is 19.1 Å². The number of amides is 4. The van der Waals surface area contributed by atoms with E-state index in [1.807, 2.05) is 50.2 Å². The van der Waals surface area contributed by atoms with E-state index in [2.05, 4.69) is 10.6 Å². The molecule has 0 unspecified atom stereocenters. The van der Waals surface area contributed by atoms with Gasteiger partial charge in [-0.3, -0.25) is 9.59 Å². The highest BCUT2D eigenvalue weighted by Gasteiger charge is 2.35. The third kappa shape index (κ3) is 6.05. The van der Waals surface area contributed by atoms with Crippen molar-refractivity contribution in [1.29, 1.82) is 0 Å². The Morgan fingerprint density at radius 2 is 1.56 bits per heavy atom. The van der Waals surface area contributed by atoms with Crippen LogP contribution in [0.15, 0.2) is 66.4 Å². The molecular formula is C27H23Cl2N3O4. The van der Waals surface area contributed by atoms with E-state index in [9.17, 15) is 14.4 Å². The minimum atomic E-state index is -0.694. The molecular weight excluding hydrogens is 501 g/mol. The van der Waals surface area contributed by atoms with E-state index in [-0.39, 0.29) is 22.3 Å². The van der Waals surface area contributed by atoms with Crippen LogP contribution in [0.1, 0.15) is 22.3 Å². The first-order valence-electron chi connectivity index (χ1n) is 11.1. The SMILES string of the molecule is Cc1ccc(COc2c(Cl)cc(/C=C3/NC(=O)N(CC(=O)Nc4ccc(C)cc4)C3=O)cc2Cl)cc1. The molecule has 1 heterocycles. The zero-order valence-electron chi connectivity index (χ0n) is 19.6. The van der Waals surface area contributed by atoms with E-state index in [0.29, 0.717) is 17.0 Å². The van der Waals surface area contributed by atoms with Crippen LogP contribution in [-0.2, 0) is 16.2 Å². The van der Waals surface area contributed by atoms with Crippen LogP contribution in [0.4, 0.5) is 10.5 Å². The summed E-state index contributed by atoms with van der Waals surface area (Å²) in [6.07, 6.45) is 1.44. The third-order valence-corrected chi connectivity index (χ3v) is 6.00. The number of carbonyl (C=O) groups excluding carboxylic acids is 3. The highest BCUT2D eigenvalue weighted by molar-refractivity contribution is 6.37. The number of nitrogens with zero attached hydrogens (tertiary/aromatic N) is 1. The Morgan fingerprint density at radius 3 is 2.17 bits per heavy atom. The van der Waals surface area contributed by atoms with Gasteiger partial charge in [0.1, 0.15) is 18.8 Å². The third-order valence-electron chi connectivity index (χ3n) is 5.43. The minimum Gasteiger partial charge on any atom is -0.486 e. The van der Waals surface area contributed by atoms with E-state index < -0.39 is 24.4 Å². The van der Waals surface area contributed by atoms with Crippen molar-refractivity contribution in [1.82, 2.24) is 10.2 Å². The van der Waals surface area contributed by atoms with Gasteiger partial charge < -0.3 is 15.4 Å². The van der Waals surface area contributed by atoms with Crippen molar-refractivity contribution in [2.75, 3.05) is 11.9 Å². The smallest absolute Gasteiger partial charge is 0.329 e. The van der Waals surface area contributed by atoms with Crippen LogP contribution in [0.2, 0.25) is 10.0 Å². The van der Waals surface area contributed by atoms with Gasteiger partial charge in [-0.05, 0) is 55.3 Å². The van der Waals surface area contributed by atoms with Crippen LogP contribution in [0, 0.1) is 13.8 Å². The van der Waals surface area contributed by atoms with E-state index in [0.717, 1.165) is 21.6 Å². The molecule has 9 heteroatoms. The van der Waals surface area contributed by atoms with Gasteiger partial charge in [0.05, 0.1) is 10.0 Å². The topological polar surface area (TPSA) is 87.7 Å². The molecule has 2 N–H and O–H groups in total. The first-order chi connectivity index (χ1) is 17.2. The molecule has 0 bridgehead atoms. The molecule has 1 aliphatic rings. The molecule has 4 amide bonds. The number of benzene rings is 3. The molecule has 3 aromatic rings. The monoisotopic (exact) mass is 523 g/mol. The van der Waals surface area contributed by atoms with E-state index >= 15 is 0 Å². The lowest BCUT2D eigenvalue weighted by Crippen LogP contribution is -2.38. The van der Waals surface area contributed by atoms with Crippen molar-refractivity contribution in [2.45, 2.75) is 20.5 Å². The van der Waals surface area contributed by atoms with Crippen molar-refractivity contribution >= 4 is 52.8 Å². The number of rotatable bonds is 7. The summed E-state index contributed by atoms with van der Waals surface area (Å²) in [6.45, 7) is 3.79. The molecule has 0 saturated carbocycles. The van der Waals surface area contributed by atoms with Gasteiger partial charge in [-0.25, -0.2) is 9.69 Å². The van der Waals surface area contributed by atoms with Gasteiger partial charge in [-0.2, -0.15) is 0 Å². The Kier molecular flexibility index (Phi) is 7.62. The summed E-state index contributed by atoms with van der Waals surface area (Å²) >= 11 is 12.8. The second-order valence-electron chi connectivity index (χ2n) is 8.38. The number of nitrogens with one attached hydrogen (secondary N) is 2. The number of hydrogen-bond donors (Lipinski definition) is 2. The maximum absolute atomic E-state index is 12.8. The number of carbonyl (C=O) groups is 3. The number of imide groups is 1. The zero-order valence-corrected chi connectivity index (χ0v) is 21.1. The number of urea groups is 1. The fourth-order valence-electron chi connectivity index (χ4n) is 3.50. The normalized spacial score (nSPS) is 14.2. The molecule has 3 aromatic carbocycles. The molecule has 0 aliphatic carbocycles. The second kappa shape index (κ2) is 10.8. The maximum atomic E-state index is 12.8. The average molecular weight is 524 g/mol. The molecule has 4 rings (SSSR count). The fraction of sp³-hybridized carbons (Fsp3) is 0.148. The molecule has 184 valence electrons. The van der Waals surface area contributed by atoms with Crippen LogP contribution < -0.4 is 15.4 Å². The van der Waals surface area contributed by atoms with Crippen molar-refractivity contribution in [3.05, 3.63) is 98.7 Å². The lowest BCUT2D eigenvalue weighted by Gasteiger charge is -2.12. The molecule has 0 spiro atoms. The van der Waals surface area contributed by atoms with Crippen LogP contribution >= 0.6 is 23.2 Å². The Labute approximate surface area is 218 Å². The predicted molar refractivity (Wildman–Crippen MR) is 140 cm³/mol. The van der Waals surface area contributed by atoms with E-state index in [4.69, 9.17) is 27.9 Å². The maximum Gasteiger partial charge on any atom is 0.329 e. The highest BCUT2D eigenvalue weighted by atomic mass is 35.5. The fourth-order valence-corrected chi connectivity index (χ4v) is 4.12. The van der Waals surface area contributed by atoms with Crippen molar-refractivity contribution in [2.24, 2.45) is 0 Å². The number of anilines is 1. The van der Waals surface area contributed by atoms with Gasteiger partial charge in [-0.1, -0.05) is 70.7 Å². The van der Waals surface area contributed by atoms with E-state index in [1.165, 1.54) is 6.08 Å². The summed E-state index contributed by atoms with van der Waals surface area (Å²) in [5.41, 5.74) is 4.21. The second-order valence-corrected chi connectivity index (χ2v) is 9.20. The first-order valence-corrected chi connectivity index (χ1v) is 11.8. The molecule has 0 aromatic heterocycles. The van der Waals surface area contributed by atoms with Crippen LogP contribution in [0.25, 0.3) is 6.08 Å². The Morgan fingerprint density at radius 1 is 0.972 bits per heavy atom. The lowest BCUT2D eigenvalue weighted by molar-refractivity contribution is -0.127. The van der Waals surface area contributed by atoms with Gasteiger partial charge in [-0.15, -0.1) is 0 Å². The molecule has 7 nitrogen and oxygen atoms in total. The van der Waals surface area contributed by atoms with Gasteiger partial charge in [0.15, 0.2) is 5.75 Å². The summed E-state index contributed by atoms with van der Waals surface area (Å²) in [5, 5.41) is 5.67. The molecule has 36 heavy (non-hydrogen) atoms. The van der Waals surface area contributed by atoms with Crippen LogP contribution in [0.5, 0.6) is 5.75 Å². The first kappa shape index (κ1) is 25.3. The number of ether oxygens (including phenoxy) is 1. The summed E-state index contributed by atoms with van der Waals surface area (Å²) < 4.78 is 5.80. The van der Waals surface area contributed by atoms with Crippen molar-refractivity contribution in [3.8, 4) is 5.75 Å². The molecule has 1 fully saturated rings. The van der Waals surface area contributed by atoms with Crippen molar-refractivity contribution in [3.63, 3.8) is 0 Å². The number of aryl methyl sites for hydroxylation is 2. The number of halogens is 2. The highest BCUT2D eigenvalue weighted by Crippen LogP contribution is 2.35. The van der Waals surface area contributed by atoms with Gasteiger partial charge in [0.2, 0.25) is 5.91 Å². The minimum absolute atomic E-state index is 0.00333. The summed E-state index contributed by atoms with van der Waals surface area (Å²) in [6, 6.07) is 17.5.